The maximum Gasteiger partial charge on any atom is 0.306 e. The Morgan fingerprint density at radius 2 is 0.500 bits per heavy atom. The lowest BCUT2D eigenvalue weighted by molar-refractivity contribution is -0.161. The van der Waals surface area contributed by atoms with Crippen molar-refractivity contribution in [3.05, 3.63) is 194 Å². The van der Waals surface area contributed by atoms with Crippen LogP contribution in [-0.4, -0.2) is 36.4 Å². The summed E-state index contributed by atoms with van der Waals surface area (Å²) in [4.78, 5) is 24.6. The Balaban J connectivity index is 3.63. The average Bonchev–Trinajstić information content (AvgIpc) is 3.46. The predicted octanol–water partition coefficient (Wildman–Crippen LogP) is 22.4. The SMILES string of the molecule is CC/C=C\C/C=C\C/C=C\C/C=C\C/C=C\C/C=C\C/C=C\C/C=C\C/C=C\CCCCCCCCCCCC(=O)OC(CO)COC(=O)CCCCCCCCC/C=C\C/C=C\C/C=C\C/C=C\C/C=C\C/C=C\C/C=C\CC. The Hall–Kier alpha value is -5.26. The second-order valence-corrected chi connectivity index (χ2v) is 20.4. The molecule has 0 rings (SSSR count). The van der Waals surface area contributed by atoms with Crippen LogP contribution in [0.25, 0.3) is 0 Å². The maximum atomic E-state index is 12.3. The molecule has 0 fully saturated rings. The van der Waals surface area contributed by atoms with Crippen LogP contribution in [0.15, 0.2) is 194 Å². The lowest BCUT2D eigenvalue weighted by atomic mass is 10.1. The Kier molecular flexibility index (Phi) is 63.5. The molecule has 1 atom stereocenters. The normalized spacial score (nSPS) is 13.6. The van der Waals surface area contributed by atoms with Gasteiger partial charge in [0.25, 0.3) is 0 Å². The summed E-state index contributed by atoms with van der Waals surface area (Å²) in [5.41, 5.74) is 0. The van der Waals surface area contributed by atoms with E-state index >= 15 is 0 Å². The number of hydrogen-bond donors (Lipinski definition) is 1. The Bertz CT molecular complexity index is 1870. The van der Waals surface area contributed by atoms with E-state index in [1.807, 2.05) is 0 Å². The van der Waals surface area contributed by atoms with Gasteiger partial charge >= 0.3 is 11.9 Å². The molecular weight excluding hydrogens is 981 g/mol. The summed E-state index contributed by atoms with van der Waals surface area (Å²) < 4.78 is 10.7. The number of aliphatic hydroxyl groups is 1. The zero-order valence-electron chi connectivity index (χ0n) is 51.0. The van der Waals surface area contributed by atoms with Crippen molar-refractivity contribution in [1.82, 2.24) is 0 Å². The van der Waals surface area contributed by atoms with Crippen LogP contribution < -0.4 is 0 Å². The Labute approximate surface area is 492 Å². The average molecular weight is 1100 g/mol. The summed E-state index contributed by atoms with van der Waals surface area (Å²) in [5, 5.41) is 9.69. The van der Waals surface area contributed by atoms with Crippen molar-refractivity contribution in [2.75, 3.05) is 13.2 Å². The number of aliphatic hydroxyl groups excluding tert-OH is 1. The summed E-state index contributed by atoms with van der Waals surface area (Å²) in [6.45, 7) is 3.89. The van der Waals surface area contributed by atoms with E-state index in [9.17, 15) is 14.7 Å². The Morgan fingerprint density at radius 1 is 0.287 bits per heavy atom. The fourth-order valence-electron chi connectivity index (χ4n) is 8.17. The van der Waals surface area contributed by atoms with Crippen molar-refractivity contribution in [2.24, 2.45) is 0 Å². The third-order valence-corrected chi connectivity index (χ3v) is 12.9. The number of rotatable bonds is 56. The number of unbranched alkanes of at least 4 members (excludes halogenated alkanes) is 16. The van der Waals surface area contributed by atoms with Crippen LogP contribution >= 0.6 is 0 Å². The summed E-state index contributed by atoms with van der Waals surface area (Å²) in [7, 11) is 0. The zero-order chi connectivity index (χ0) is 57.6. The number of carbonyl (C=O) groups excluding carboxylic acids is 2. The quantitative estimate of drug-likeness (QED) is 0.0373. The molecule has 0 aliphatic heterocycles. The van der Waals surface area contributed by atoms with E-state index in [1.54, 1.807) is 0 Å². The highest BCUT2D eigenvalue weighted by Gasteiger charge is 2.16. The van der Waals surface area contributed by atoms with Crippen LogP contribution in [0.5, 0.6) is 0 Å². The zero-order valence-corrected chi connectivity index (χ0v) is 51.0. The number of ether oxygens (including phenoxy) is 2. The molecule has 0 aromatic heterocycles. The number of carbonyl (C=O) groups is 2. The topological polar surface area (TPSA) is 72.8 Å². The fourth-order valence-corrected chi connectivity index (χ4v) is 8.17. The molecular formula is C75H116O5. The van der Waals surface area contributed by atoms with Crippen molar-refractivity contribution < 1.29 is 24.2 Å². The van der Waals surface area contributed by atoms with Crippen LogP contribution in [0.2, 0.25) is 0 Å². The fraction of sp³-hybridized carbons (Fsp3) is 0.547. The van der Waals surface area contributed by atoms with Crippen molar-refractivity contribution in [1.29, 1.82) is 0 Å². The molecule has 0 saturated carbocycles. The minimum Gasteiger partial charge on any atom is -0.462 e. The van der Waals surface area contributed by atoms with Gasteiger partial charge in [0.05, 0.1) is 6.61 Å². The van der Waals surface area contributed by atoms with E-state index in [4.69, 9.17) is 9.47 Å². The monoisotopic (exact) mass is 1100 g/mol. The van der Waals surface area contributed by atoms with E-state index in [0.29, 0.717) is 12.8 Å². The molecule has 0 radical (unpaired) electrons. The highest BCUT2D eigenvalue weighted by atomic mass is 16.6. The van der Waals surface area contributed by atoms with Gasteiger partial charge in [0.2, 0.25) is 0 Å². The van der Waals surface area contributed by atoms with Crippen LogP contribution in [0, 0.1) is 0 Å². The molecule has 0 amide bonds. The highest BCUT2D eigenvalue weighted by Crippen LogP contribution is 2.14. The second kappa shape index (κ2) is 68.0. The largest absolute Gasteiger partial charge is 0.462 e. The number of esters is 2. The number of allylic oxidation sites excluding steroid dienone is 32. The molecule has 5 nitrogen and oxygen atoms in total. The van der Waals surface area contributed by atoms with Crippen LogP contribution in [0.3, 0.4) is 0 Å². The highest BCUT2D eigenvalue weighted by molar-refractivity contribution is 5.70. The van der Waals surface area contributed by atoms with E-state index in [-0.39, 0.29) is 25.2 Å². The van der Waals surface area contributed by atoms with Gasteiger partial charge in [-0.05, 0) is 141 Å². The van der Waals surface area contributed by atoms with Crippen LogP contribution in [0.4, 0.5) is 0 Å². The minimum atomic E-state index is -0.797. The molecule has 0 aliphatic carbocycles. The molecule has 446 valence electrons. The lowest BCUT2D eigenvalue weighted by Crippen LogP contribution is -2.28. The van der Waals surface area contributed by atoms with Gasteiger partial charge < -0.3 is 14.6 Å². The molecule has 0 spiro atoms. The van der Waals surface area contributed by atoms with Gasteiger partial charge in [-0.1, -0.05) is 285 Å². The molecule has 0 aromatic carbocycles. The Morgan fingerprint density at radius 3 is 0.750 bits per heavy atom. The predicted molar refractivity (Wildman–Crippen MR) is 352 cm³/mol. The van der Waals surface area contributed by atoms with Gasteiger partial charge in [0.1, 0.15) is 6.61 Å². The van der Waals surface area contributed by atoms with Gasteiger partial charge in [-0.15, -0.1) is 0 Å². The van der Waals surface area contributed by atoms with E-state index in [0.717, 1.165) is 154 Å². The van der Waals surface area contributed by atoms with Gasteiger partial charge in [0.15, 0.2) is 6.10 Å². The maximum absolute atomic E-state index is 12.3. The summed E-state index contributed by atoms with van der Waals surface area (Å²) in [5.74, 6) is -0.623. The van der Waals surface area contributed by atoms with Crippen molar-refractivity contribution in [2.45, 2.75) is 251 Å². The first-order valence-electron chi connectivity index (χ1n) is 32.0. The van der Waals surface area contributed by atoms with Crippen LogP contribution in [0.1, 0.15) is 245 Å². The molecule has 0 aliphatic rings. The third-order valence-electron chi connectivity index (χ3n) is 12.9. The molecule has 0 heterocycles. The smallest absolute Gasteiger partial charge is 0.306 e. The standard InChI is InChI=1S/C75H116O5/c1-3-5-7-9-11-13-15-17-19-21-23-25-27-29-31-33-34-35-36-37-38-39-40-42-44-46-48-50-52-54-56-58-60-62-64-66-68-70-75(78)80-73(71-76)72-79-74(77)69-67-65-63-61-59-57-55-53-51-49-47-45-43-41-32-30-28-26-24-22-20-18-16-14-12-10-8-6-4-2/h5-8,11-14,17-20,23-26,29-32,34-35,37-38,40,42-43,45-46,48-49,51,73,76H,3-4,9-10,15-16,21-22,27-28,33,36,39,41,44,47,50,52-72H2,1-2H3/b7-5-,8-6-,13-11-,14-12-,19-17-,20-18-,25-23-,26-24-,31-29-,32-30-,35-34-,38-37-,42-40-,45-43-,48-46-,51-49-. The van der Waals surface area contributed by atoms with Gasteiger partial charge in [-0.3, -0.25) is 9.59 Å². The summed E-state index contributed by atoms with van der Waals surface area (Å²) in [6, 6.07) is 0. The van der Waals surface area contributed by atoms with Gasteiger partial charge in [-0.2, -0.15) is 0 Å². The molecule has 5 heteroatoms. The second-order valence-electron chi connectivity index (χ2n) is 20.4. The summed E-state index contributed by atoms with van der Waals surface area (Å²) >= 11 is 0. The summed E-state index contributed by atoms with van der Waals surface area (Å²) in [6.07, 6.45) is 108. The lowest BCUT2D eigenvalue weighted by Gasteiger charge is -2.15. The van der Waals surface area contributed by atoms with Gasteiger partial charge in [0, 0.05) is 12.8 Å². The van der Waals surface area contributed by atoms with Crippen molar-refractivity contribution >= 4 is 11.9 Å². The first kappa shape index (κ1) is 74.7. The van der Waals surface area contributed by atoms with E-state index < -0.39 is 6.10 Å². The first-order chi connectivity index (χ1) is 39.6. The van der Waals surface area contributed by atoms with Crippen LogP contribution in [-0.2, 0) is 19.1 Å². The molecule has 0 aromatic rings. The van der Waals surface area contributed by atoms with Crippen molar-refractivity contribution in [3.8, 4) is 0 Å². The van der Waals surface area contributed by atoms with E-state index in [1.165, 1.54) is 64.2 Å². The molecule has 1 N–H and O–H groups in total. The molecule has 0 saturated heterocycles. The van der Waals surface area contributed by atoms with E-state index in [2.05, 4.69) is 208 Å². The molecule has 80 heavy (non-hydrogen) atoms. The number of hydrogen-bond acceptors (Lipinski definition) is 5. The van der Waals surface area contributed by atoms with Gasteiger partial charge in [-0.25, -0.2) is 0 Å². The molecule has 1 unspecified atom stereocenters. The minimum absolute atomic E-state index is 0.0870. The first-order valence-corrected chi connectivity index (χ1v) is 32.0. The third kappa shape index (κ3) is 65.3. The molecule has 0 bridgehead atoms. The van der Waals surface area contributed by atoms with Crippen molar-refractivity contribution in [3.63, 3.8) is 0 Å².